The van der Waals surface area contributed by atoms with Gasteiger partial charge in [0.2, 0.25) is 0 Å². The lowest BCUT2D eigenvalue weighted by molar-refractivity contribution is -0.138. The Kier molecular flexibility index (Phi) is 12.8. The van der Waals surface area contributed by atoms with Gasteiger partial charge >= 0.3 is 11.9 Å². The van der Waals surface area contributed by atoms with Crippen LogP contribution in [0.3, 0.4) is 0 Å². The summed E-state index contributed by atoms with van der Waals surface area (Å²) < 4.78 is 38.9. The highest BCUT2D eigenvalue weighted by Gasteiger charge is 2.34. The van der Waals surface area contributed by atoms with Gasteiger partial charge in [0, 0.05) is 30.5 Å². The Morgan fingerprint density at radius 3 is 2.00 bits per heavy atom. The van der Waals surface area contributed by atoms with Crippen molar-refractivity contribution in [2.24, 2.45) is 0 Å². The predicted octanol–water partition coefficient (Wildman–Crippen LogP) is 6.21. The van der Waals surface area contributed by atoms with Crippen molar-refractivity contribution in [3.63, 3.8) is 0 Å². The van der Waals surface area contributed by atoms with Gasteiger partial charge < -0.3 is 34.1 Å². The van der Waals surface area contributed by atoms with Crippen LogP contribution in [0.4, 0.5) is 4.39 Å². The first-order valence-corrected chi connectivity index (χ1v) is 15.6. The maximum absolute atomic E-state index is 15.6. The molecule has 2 aromatic rings. The first-order valence-electron chi connectivity index (χ1n) is 15.6. The fraction of sp³-hybridized carbons (Fsp3) is 0.529. The largest absolute Gasteiger partial charge is 0.490 e. The molecule has 1 aliphatic heterocycles. The molecule has 0 aromatic heterocycles. The number of benzene rings is 2. The number of amidine groups is 1. The molecular weight excluding hydrogens is 599 g/mol. The lowest BCUT2D eigenvalue weighted by Crippen LogP contribution is -2.30. The number of unbranched alkanes of at least 4 members (excludes halogenated alkanes) is 2. The number of carboxylic acids is 2. The molecule has 0 radical (unpaired) electrons. The van der Waals surface area contributed by atoms with E-state index >= 15 is 4.39 Å². The van der Waals surface area contributed by atoms with E-state index < -0.39 is 23.2 Å². The number of hydrogen-bond donors (Lipinski definition) is 3. The van der Waals surface area contributed by atoms with Crippen molar-refractivity contribution in [2.45, 2.75) is 85.1 Å². The van der Waals surface area contributed by atoms with Crippen molar-refractivity contribution >= 4 is 23.6 Å². The molecule has 3 rings (SSSR count). The zero-order valence-electron chi connectivity index (χ0n) is 27.3. The third-order valence-electron chi connectivity index (χ3n) is 7.37. The van der Waals surface area contributed by atoms with Gasteiger partial charge in [-0.15, -0.1) is 0 Å². The molecule has 1 heterocycles. The number of nitrogens with one attached hydrogen (secondary N) is 1. The van der Waals surface area contributed by atoms with Crippen molar-refractivity contribution < 1.29 is 47.9 Å². The van der Waals surface area contributed by atoms with Crippen LogP contribution in [0.1, 0.15) is 100 Å². The maximum atomic E-state index is 15.6. The van der Waals surface area contributed by atoms with E-state index in [4.69, 9.17) is 34.6 Å². The average Bonchev–Trinajstić information content (AvgIpc) is 3.28. The number of carbonyl (C=O) groups is 3. The molecule has 1 aliphatic rings. The summed E-state index contributed by atoms with van der Waals surface area (Å²) in [6.07, 6.45) is 1.84. The van der Waals surface area contributed by atoms with Gasteiger partial charge in [-0.1, -0.05) is 20.8 Å². The number of ether oxygens (including phenoxy) is 4. The molecule has 11 nitrogen and oxygen atoms in total. The Hall–Kier alpha value is -4.35. The van der Waals surface area contributed by atoms with E-state index in [2.05, 4.69) is 0 Å². The van der Waals surface area contributed by atoms with Crippen LogP contribution >= 0.6 is 0 Å². The predicted molar refractivity (Wildman–Crippen MR) is 169 cm³/mol. The van der Waals surface area contributed by atoms with Crippen LogP contribution in [-0.4, -0.2) is 71.6 Å². The molecule has 46 heavy (non-hydrogen) atoms. The summed E-state index contributed by atoms with van der Waals surface area (Å²) in [7, 11) is 0. The van der Waals surface area contributed by atoms with Gasteiger partial charge in [-0.25, -0.2) is 4.39 Å². The van der Waals surface area contributed by atoms with Gasteiger partial charge in [0.15, 0.2) is 34.6 Å². The summed E-state index contributed by atoms with van der Waals surface area (Å²) in [6.45, 7) is 10.3. The Morgan fingerprint density at radius 1 is 0.848 bits per heavy atom. The molecule has 0 fully saturated rings. The van der Waals surface area contributed by atoms with E-state index in [1.165, 1.54) is 4.90 Å². The molecule has 0 spiro atoms. The van der Waals surface area contributed by atoms with Crippen molar-refractivity contribution in [3.8, 4) is 23.0 Å². The van der Waals surface area contributed by atoms with E-state index in [-0.39, 0.29) is 74.4 Å². The fourth-order valence-electron chi connectivity index (χ4n) is 5.11. The molecule has 12 heteroatoms. The number of carboxylic acid groups (broad SMARTS) is 2. The van der Waals surface area contributed by atoms with Crippen molar-refractivity contribution in [2.75, 3.05) is 33.0 Å². The molecule has 3 N–H and O–H groups in total. The first kappa shape index (κ1) is 36.1. The minimum Gasteiger partial charge on any atom is -0.490 e. The molecule has 0 aliphatic carbocycles. The molecule has 0 saturated heterocycles. The number of nitrogens with zero attached hydrogens (tertiary/aromatic N) is 1. The smallest absolute Gasteiger partial charge is 0.303 e. The molecular formula is C34H45FN2O9. The van der Waals surface area contributed by atoms with Crippen LogP contribution in [0.15, 0.2) is 18.2 Å². The maximum Gasteiger partial charge on any atom is 0.303 e. The fourth-order valence-corrected chi connectivity index (χ4v) is 5.11. The highest BCUT2D eigenvalue weighted by Crippen LogP contribution is 2.42. The molecule has 2 aromatic carbocycles. The van der Waals surface area contributed by atoms with Gasteiger partial charge in [-0.05, 0) is 68.7 Å². The number of aliphatic carboxylic acids is 2. The van der Waals surface area contributed by atoms with Crippen LogP contribution in [-0.2, 0) is 21.5 Å². The standard InChI is InChI=1S/C34H45FN2O9/c1-6-43-26-18-22-19-37(33(36)29(22)30(35)32(26)44-7-2)20-24(38)21-16-23(34(3,4)5)31(46-15-11-9-13-28(41)42)25(17-21)45-14-10-8-12-27(39)40/h16-18,36H,6-15,19-20H2,1-5H3,(H,39,40)(H,41,42). The summed E-state index contributed by atoms with van der Waals surface area (Å²) in [5.74, 6) is -1.97. The van der Waals surface area contributed by atoms with E-state index in [0.717, 1.165) is 0 Å². The van der Waals surface area contributed by atoms with Gasteiger partial charge in [-0.3, -0.25) is 19.8 Å². The summed E-state index contributed by atoms with van der Waals surface area (Å²) >= 11 is 0. The van der Waals surface area contributed by atoms with E-state index in [1.54, 1.807) is 32.0 Å². The van der Waals surface area contributed by atoms with Gasteiger partial charge in [0.1, 0.15) is 5.84 Å². The lowest BCUT2D eigenvalue weighted by Gasteiger charge is -2.26. The van der Waals surface area contributed by atoms with Gasteiger partial charge in [0.25, 0.3) is 0 Å². The Morgan fingerprint density at radius 2 is 1.43 bits per heavy atom. The summed E-state index contributed by atoms with van der Waals surface area (Å²) in [5, 5.41) is 26.6. The Balaban J connectivity index is 1.90. The summed E-state index contributed by atoms with van der Waals surface area (Å²) in [4.78, 5) is 37.1. The van der Waals surface area contributed by atoms with E-state index in [9.17, 15) is 14.4 Å². The average molecular weight is 645 g/mol. The highest BCUT2D eigenvalue weighted by atomic mass is 19.1. The molecule has 0 amide bonds. The minimum absolute atomic E-state index is 0.00492. The molecule has 0 saturated carbocycles. The number of rotatable bonds is 19. The highest BCUT2D eigenvalue weighted by molar-refractivity contribution is 6.06. The second-order valence-electron chi connectivity index (χ2n) is 12.0. The molecule has 0 bridgehead atoms. The normalized spacial score (nSPS) is 12.6. The summed E-state index contributed by atoms with van der Waals surface area (Å²) in [5.41, 5.74) is 1.13. The number of carbonyl (C=O) groups excluding carboxylic acids is 1. The second kappa shape index (κ2) is 16.3. The molecule has 252 valence electrons. The Labute approximate surface area is 269 Å². The van der Waals surface area contributed by atoms with Crippen LogP contribution in [0.5, 0.6) is 23.0 Å². The van der Waals surface area contributed by atoms with E-state index in [1.807, 2.05) is 20.8 Å². The van der Waals surface area contributed by atoms with Crippen molar-refractivity contribution in [1.29, 1.82) is 5.41 Å². The first-order chi connectivity index (χ1) is 21.8. The number of hydrogen-bond acceptors (Lipinski definition) is 8. The van der Waals surface area contributed by atoms with Crippen LogP contribution in [0, 0.1) is 11.2 Å². The number of fused-ring (bicyclic) bond motifs is 1. The number of ketones is 1. The van der Waals surface area contributed by atoms with Crippen LogP contribution in [0.2, 0.25) is 0 Å². The number of Topliss-reactive ketones (excluding diaryl/α,β-unsaturated/α-hetero) is 1. The third-order valence-corrected chi connectivity index (χ3v) is 7.37. The zero-order valence-corrected chi connectivity index (χ0v) is 27.3. The van der Waals surface area contributed by atoms with Crippen molar-refractivity contribution in [1.82, 2.24) is 4.90 Å². The molecule has 0 unspecified atom stereocenters. The Bertz CT molecular complexity index is 1430. The topological polar surface area (TPSA) is 156 Å². The monoisotopic (exact) mass is 644 g/mol. The van der Waals surface area contributed by atoms with Gasteiger partial charge in [0.05, 0.1) is 38.5 Å². The van der Waals surface area contributed by atoms with Crippen LogP contribution in [0.25, 0.3) is 0 Å². The summed E-state index contributed by atoms with van der Waals surface area (Å²) in [6, 6.07) is 4.97. The minimum atomic E-state index is -0.897. The van der Waals surface area contributed by atoms with Crippen LogP contribution < -0.4 is 18.9 Å². The molecule has 0 atom stereocenters. The zero-order chi connectivity index (χ0) is 34.0. The SMILES string of the molecule is CCOc1cc2c(c(F)c1OCC)C(=N)N(CC(=O)c1cc(OCCCCC(=O)O)c(OCCCCC(=O)O)c(C(C)(C)C)c1)C2. The second-order valence-corrected chi connectivity index (χ2v) is 12.0. The number of halogens is 1. The van der Waals surface area contributed by atoms with E-state index in [0.29, 0.717) is 60.5 Å². The van der Waals surface area contributed by atoms with Crippen molar-refractivity contribution in [3.05, 3.63) is 46.3 Å². The third kappa shape index (κ3) is 9.34. The quantitative estimate of drug-likeness (QED) is 0.119. The van der Waals surface area contributed by atoms with Gasteiger partial charge in [-0.2, -0.15) is 0 Å². The lowest BCUT2D eigenvalue weighted by atomic mass is 9.84.